The standard InChI is InChI=1S/C10H23IO2Si/c1-6-7-10(11)14(12-8(2)3)13-9(4)5/h8-10,14H,6-7H2,1-5H3. The second-order valence-electron chi connectivity index (χ2n) is 4.04. The van der Waals surface area contributed by atoms with Gasteiger partial charge in [0, 0.05) is 12.2 Å². The second-order valence-corrected chi connectivity index (χ2v) is 9.09. The van der Waals surface area contributed by atoms with E-state index < -0.39 is 9.28 Å². The first-order chi connectivity index (χ1) is 6.47. The van der Waals surface area contributed by atoms with Crippen molar-refractivity contribution in [1.82, 2.24) is 0 Å². The number of hydrogen-bond donors (Lipinski definition) is 0. The molecule has 0 saturated heterocycles. The van der Waals surface area contributed by atoms with Crippen molar-refractivity contribution in [1.29, 1.82) is 0 Å². The minimum absolute atomic E-state index is 0.291. The Kier molecular flexibility index (Phi) is 8.57. The zero-order chi connectivity index (χ0) is 11.1. The average Bonchev–Trinajstić information content (AvgIpc) is 2.01. The number of alkyl halides is 1. The molecule has 1 atom stereocenters. The molecule has 0 bridgehead atoms. The van der Waals surface area contributed by atoms with Gasteiger partial charge >= 0.3 is 9.28 Å². The molecule has 0 fully saturated rings. The van der Waals surface area contributed by atoms with Crippen LogP contribution < -0.4 is 0 Å². The third kappa shape index (κ3) is 7.20. The zero-order valence-electron chi connectivity index (χ0n) is 9.92. The van der Waals surface area contributed by atoms with Gasteiger partial charge in [-0.3, -0.25) is 0 Å². The maximum absolute atomic E-state index is 5.88. The van der Waals surface area contributed by atoms with Crippen molar-refractivity contribution in [3.05, 3.63) is 0 Å². The van der Waals surface area contributed by atoms with Gasteiger partial charge in [0.15, 0.2) is 0 Å². The van der Waals surface area contributed by atoms with Crippen molar-refractivity contribution in [3.8, 4) is 0 Å². The van der Waals surface area contributed by atoms with Crippen LogP contribution in [0.5, 0.6) is 0 Å². The summed E-state index contributed by atoms with van der Waals surface area (Å²) in [6.45, 7) is 10.5. The molecule has 1 unspecified atom stereocenters. The van der Waals surface area contributed by atoms with Gasteiger partial charge in [0.1, 0.15) is 0 Å². The lowest BCUT2D eigenvalue weighted by Gasteiger charge is -2.25. The number of rotatable bonds is 7. The Hall–Kier alpha value is 0.867. The highest BCUT2D eigenvalue weighted by Gasteiger charge is 2.25. The Morgan fingerprint density at radius 2 is 1.50 bits per heavy atom. The molecular formula is C10H23IO2Si. The Morgan fingerprint density at radius 3 is 1.79 bits per heavy atom. The third-order valence-electron chi connectivity index (χ3n) is 1.67. The van der Waals surface area contributed by atoms with Crippen molar-refractivity contribution in [2.24, 2.45) is 0 Å². The Balaban J connectivity index is 4.08. The van der Waals surface area contributed by atoms with Crippen LogP contribution in [0.15, 0.2) is 0 Å². The number of hydrogen-bond acceptors (Lipinski definition) is 2. The Morgan fingerprint density at radius 1 is 1.07 bits per heavy atom. The Labute approximate surface area is 104 Å². The van der Waals surface area contributed by atoms with E-state index >= 15 is 0 Å². The van der Waals surface area contributed by atoms with Crippen LogP contribution in [0.2, 0.25) is 0 Å². The fourth-order valence-electron chi connectivity index (χ4n) is 1.15. The van der Waals surface area contributed by atoms with Gasteiger partial charge in [-0.25, -0.2) is 0 Å². The lowest BCUT2D eigenvalue weighted by atomic mass is 10.4. The summed E-state index contributed by atoms with van der Waals surface area (Å²) in [4.78, 5) is 0. The van der Waals surface area contributed by atoms with Gasteiger partial charge in [0.2, 0.25) is 0 Å². The van der Waals surface area contributed by atoms with Crippen LogP contribution in [0.4, 0.5) is 0 Å². The van der Waals surface area contributed by atoms with Crippen LogP contribution in [0, 0.1) is 0 Å². The average molecular weight is 330 g/mol. The quantitative estimate of drug-likeness (QED) is 0.405. The van der Waals surface area contributed by atoms with Crippen molar-refractivity contribution in [2.75, 3.05) is 0 Å². The molecule has 0 aromatic rings. The van der Waals surface area contributed by atoms with E-state index in [4.69, 9.17) is 8.85 Å². The van der Waals surface area contributed by atoms with Gasteiger partial charge in [0.05, 0.1) is 3.55 Å². The summed E-state index contributed by atoms with van der Waals surface area (Å²) >= 11 is 2.48. The molecule has 0 heterocycles. The lowest BCUT2D eigenvalue weighted by molar-refractivity contribution is 0.129. The van der Waals surface area contributed by atoms with Gasteiger partial charge in [-0.1, -0.05) is 35.9 Å². The monoisotopic (exact) mass is 330 g/mol. The van der Waals surface area contributed by atoms with Gasteiger partial charge in [0.25, 0.3) is 0 Å². The summed E-state index contributed by atoms with van der Waals surface area (Å²) in [5.41, 5.74) is 0. The largest absolute Gasteiger partial charge is 0.393 e. The van der Waals surface area contributed by atoms with Crippen molar-refractivity contribution in [3.63, 3.8) is 0 Å². The molecule has 0 saturated carbocycles. The highest BCUT2D eigenvalue weighted by Crippen LogP contribution is 2.16. The summed E-state index contributed by atoms with van der Waals surface area (Å²) in [5.74, 6) is 0. The number of halogens is 1. The molecule has 4 heteroatoms. The second kappa shape index (κ2) is 8.07. The molecule has 0 N–H and O–H groups in total. The van der Waals surface area contributed by atoms with Crippen LogP contribution >= 0.6 is 22.6 Å². The molecule has 0 aromatic carbocycles. The first-order valence-corrected chi connectivity index (χ1v) is 8.27. The van der Waals surface area contributed by atoms with E-state index in [1.54, 1.807) is 0 Å². The minimum atomic E-state index is -1.47. The normalized spacial score (nSPS) is 14.4. The predicted octanol–water partition coefficient (Wildman–Crippen LogP) is 3.20. The molecule has 14 heavy (non-hydrogen) atoms. The third-order valence-corrected chi connectivity index (χ3v) is 6.61. The topological polar surface area (TPSA) is 18.5 Å². The van der Waals surface area contributed by atoms with E-state index in [-0.39, 0.29) is 0 Å². The molecule has 0 rings (SSSR count). The summed E-state index contributed by atoms with van der Waals surface area (Å²) < 4.78 is 12.4. The molecule has 0 aliphatic carbocycles. The lowest BCUT2D eigenvalue weighted by Crippen LogP contribution is -2.37. The maximum atomic E-state index is 5.88. The molecule has 0 spiro atoms. The molecule has 2 nitrogen and oxygen atoms in total. The Bertz CT molecular complexity index is 132. The van der Waals surface area contributed by atoms with Crippen molar-refractivity contribution in [2.45, 2.75) is 63.2 Å². The van der Waals surface area contributed by atoms with Gasteiger partial charge in [-0.15, -0.1) is 0 Å². The van der Waals surface area contributed by atoms with E-state index in [2.05, 4.69) is 57.2 Å². The maximum Gasteiger partial charge on any atom is 0.335 e. The van der Waals surface area contributed by atoms with E-state index in [1.165, 1.54) is 12.8 Å². The summed E-state index contributed by atoms with van der Waals surface area (Å²) in [6.07, 6.45) is 3.00. The predicted molar refractivity (Wildman–Crippen MR) is 72.3 cm³/mol. The SMILES string of the molecule is CCCC(I)[SiH](OC(C)C)OC(C)C. The molecule has 0 aliphatic rings. The molecule has 86 valence electrons. The van der Waals surface area contributed by atoms with E-state index in [0.717, 1.165) is 0 Å². The summed E-state index contributed by atoms with van der Waals surface area (Å²) in [7, 11) is -1.47. The first-order valence-electron chi connectivity index (χ1n) is 5.42. The van der Waals surface area contributed by atoms with Crippen molar-refractivity contribution < 1.29 is 8.85 Å². The fraction of sp³-hybridized carbons (Fsp3) is 1.00. The summed E-state index contributed by atoms with van der Waals surface area (Å²) in [5, 5.41) is 0. The van der Waals surface area contributed by atoms with Crippen LogP contribution in [0.25, 0.3) is 0 Å². The van der Waals surface area contributed by atoms with E-state index in [0.29, 0.717) is 15.8 Å². The zero-order valence-corrected chi connectivity index (χ0v) is 13.2. The van der Waals surface area contributed by atoms with Crippen molar-refractivity contribution >= 4 is 31.9 Å². The smallest absolute Gasteiger partial charge is 0.335 e. The fourth-order valence-corrected chi connectivity index (χ4v) is 4.87. The highest BCUT2D eigenvalue weighted by molar-refractivity contribution is 14.1. The van der Waals surface area contributed by atoms with Crippen LogP contribution in [-0.4, -0.2) is 25.0 Å². The van der Waals surface area contributed by atoms with Gasteiger partial charge < -0.3 is 8.85 Å². The van der Waals surface area contributed by atoms with Crippen LogP contribution in [-0.2, 0) is 8.85 Å². The molecule has 0 radical (unpaired) electrons. The molecule has 0 aliphatic heterocycles. The van der Waals surface area contributed by atoms with Gasteiger partial charge in [-0.2, -0.15) is 0 Å². The van der Waals surface area contributed by atoms with Crippen LogP contribution in [0.3, 0.4) is 0 Å². The highest BCUT2D eigenvalue weighted by atomic mass is 127. The molecular weight excluding hydrogens is 307 g/mol. The van der Waals surface area contributed by atoms with Crippen LogP contribution in [0.1, 0.15) is 47.5 Å². The minimum Gasteiger partial charge on any atom is -0.393 e. The van der Waals surface area contributed by atoms with Gasteiger partial charge in [-0.05, 0) is 34.1 Å². The summed E-state index contributed by atoms with van der Waals surface area (Å²) in [6, 6.07) is 0. The molecule has 0 amide bonds. The van der Waals surface area contributed by atoms with E-state index in [1.807, 2.05) is 0 Å². The molecule has 0 aromatic heterocycles. The first kappa shape index (κ1) is 14.9. The van der Waals surface area contributed by atoms with E-state index in [9.17, 15) is 0 Å².